The molecule has 0 bridgehead atoms. The standard InChI is InChI=1S/C18H21N3O2/c1-14-9-11-19-17(20-14)18(2)10-6-12-21(18)16(22)13-23-15-7-4-3-5-8-15/h3-5,7-9,11H,6,10,12-13H2,1-2H3/t18-/m1/s1. The quantitative estimate of drug-likeness (QED) is 0.871. The number of para-hydroxylation sites is 1. The second-order valence-corrected chi connectivity index (χ2v) is 6.05. The van der Waals surface area contributed by atoms with Crippen molar-refractivity contribution in [2.24, 2.45) is 0 Å². The fraction of sp³-hybridized carbons (Fsp3) is 0.389. The topological polar surface area (TPSA) is 55.3 Å². The van der Waals surface area contributed by atoms with E-state index in [0.29, 0.717) is 18.1 Å². The maximum Gasteiger partial charge on any atom is 0.261 e. The number of benzene rings is 1. The summed E-state index contributed by atoms with van der Waals surface area (Å²) in [7, 11) is 0. The highest BCUT2D eigenvalue weighted by Gasteiger charge is 2.43. The van der Waals surface area contributed by atoms with Crippen molar-refractivity contribution in [1.29, 1.82) is 0 Å². The minimum atomic E-state index is -0.455. The average Bonchev–Trinajstić information content (AvgIpc) is 2.97. The van der Waals surface area contributed by atoms with Crippen LogP contribution in [0.1, 0.15) is 31.3 Å². The second-order valence-electron chi connectivity index (χ2n) is 6.05. The van der Waals surface area contributed by atoms with E-state index >= 15 is 0 Å². The number of amides is 1. The van der Waals surface area contributed by atoms with Crippen LogP contribution in [-0.2, 0) is 10.3 Å². The van der Waals surface area contributed by atoms with Gasteiger partial charge in [0, 0.05) is 18.4 Å². The molecule has 1 aromatic carbocycles. The molecule has 1 fully saturated rings. The van der Waals surface area contributed by atoms with Crippen LogP contribution in [0.25, 0.3) is 0 Å². The van der Waals surface area contributed by atoms with Crippen molar-refractivity contribution >= 4 is 5.91 Å². The van der Waals surface area contributed by atoms with Gasteiger partial charge in [0.05, 0.1) is 5.54 Å². The van der Waals surface area contributed by atoms with Gasteiger partial charge in [-0.2, -0.15) is 0 Å². The number of hydrogen-bond acceptors (Lipinski definition) is 4. The molecule has 2 aromatic rings. The number of nitrogens with zero attached hydrogens (tertiary/aromatic N) is 3. The Bertz CT molecular complexity index is 690. The minimum Gasteiger partial charge on any atom is -0.484 e. The molecule has 0 N–H and O–H groups in total. The molecule has 0 radical (unpaired) electrons. The number of likely N-dealkylation sites (tertiary alicyclic amines) is 1. The second kappa shape index (κ2) is 6.36. The van der Waals surface area contributed by atoms with Crippen LogP contribution in [-0.4, -0.2) is 33.9 Å². The highest BCUT2D eigenvalue weighted by Crippen LogP contribution is 2.36. The Hall–Kier alpha value is -2.43. The molecule has 2 heterocycles. The van der Waals surface area contributed by atoms with E-state index in [-0.39, 0.29) is 12.5 Å². The fourth-order valence-electron chi connectivity index (χ4n) is 3.04. The van der Waals surface area contributed by atoms with E-state index in [1.807, 2.05) is 55.1 Å². The van der Waals surface area contributed by atoms with E-state index < -0.39 is 5.54 Å². The van der Waals surface area contributed by atoms with Crippen LogP contribution in [0.2, 0.25) is 0 Å². The van der Waals surface area contributed by atoms with E-state index in [4.69, 9.17) is 4.74 Å². The van der Waals surface area contributed by atoms with E-state index in [1.165, 1.54) is 0 Å². The lowest BCUT2D eigenvalue weighted by Gasteiger charge is -2.33. The largest absolute Gasteiger partial charge is 0.484 e. The van der Waals surface area contributed by atoms with Crippen molar-refractivity contribution in [2.75, 3.05) is 13.2 Å². The van der Waals surface area contributed by atoms with E-state index in [0.717, 1.165) is 18.5 Å². The molecule has 3 rings (SSSR count). The molecule has 1 aliphatic heterocycles. The van der Waals surface area contributed by atoms with Crippen molar-refractivity contribution in [3.63, 3.8) is 0 Å². The van der Waals surface area contributed by atoms with Crippen molar-refractivity contribution in [1.82, 2.24) is 14.9 Å². The molecule has 0 unspecified atom stereocenters. The van der Waals surface area contributed by atoms with Crippen LogP contribution >= 0.6 is 0 Å². The first-order valence-electron chi connectivity index (χ1n) is 7.88. The summed E-state index contributed by atoms with van der Waals surface area (Å²) in [6.45, 7) is 4.72. The van der Waals surface area contributed by atoms with E-state index in [9.17, 15) is 4.79 Å². The minimum absolute atomic E-state index is 0.0287. The molecule has 0 spiro atoms. The van der Waals surface area contributed by atoms with Crippen LogP contribution in [0.15, 0.2) is 42.6 Å². The zero-order valence-electron chi connectivity index (χ0n) is 13.5. The van der Waals surface area contributed by atoms with Gasteiger partial charge in [0.1, 0.15) is 5.75 Å². The van der Waals surface area contributed by atoms with Gasteiger partial charge in [-0.25, -0.2) is 9.97 Å². The van der Waals surface area contributed by atoms with Gasteiger partial charge >= 0.3 is 0 Å². The number of rotatable bonds is 4. The van der Waals surface area contributed by atoms with Gasteiger partial charge in [-0.05, 0) is 44.9 Å². The molecule has 0 saturated carbocycles. The van der Waals surface area contributed by atoms with Crippen LogP contribution in [0, 0.1) is 6.92 Å². The summed E-state index contributed by atoms with van der Waals surface area (Å²) < 4.78 is 5.60. The van der Waals surface area contributed by atoms with Crippen molar-refractivity contribution in [3.8, 4) is 5.75 Å². The Labute approximate surface area is 136 Å². The smallest absolute Gasteiger partial charge is 0.261 e. The molecule has 1 aliphatic rings. The lowest BCUT2D eigenvalue weighted by atomic mass is 9.97. The highest BCUT2D eigenvalue weighted by molar-refractivity contribution is 5.79. The Morgan fingerprint density at radius 1 is 1.30 bits per heavy atom. The number of aromatic nitrogens is 2. The first-order chi connectivity index (χ1) is 11.1. The first kappa shape index (κ1) is 15.5. The van der Waals surface area contributed by atoms with Crippen molar-refractivity contribution < 1.29 is 9.53 Å². The predicted octanol–water partition coefficient (Wildman–Crippen LogP) is 2.70. The fourth-order valence-corrected chi connectivity index (χ4v) is 3.04. The molecule has 5 nitrogen and oxygen atoms in total. The van der Waals surface area contributed by atoms with Gasteiger partial charge in [0.2, 0.25) is 0 Å². The molecule has 1 atom stereocenters. The zero-order valence-corrected chi connectivity index (χ0v) is 13.5. The number of carbonyl (C=O) groups is 1. The van der Waals surface area contributed by atoms with Crippen LogP contribution in [0.3, 0.4) is 0 Å². The summed E-state index contributed by atoms with van der Waals surface area (Å²) in [6.07, 6.45) is 3.57. The lowest BCUT2D eigenvalue weighted by Crippen LogP contribution is -2.46. The Balaban J connectivity index is 1.74. The van der Waals surface area contributed by atoms with Gasteiger partial charge in [-0.3, -0.25) is 4.79 Å². The maximum absolute atomic E-state index is 12.6. The summed E-state index contributed by atoms with van der Waals surface area (Å²) >= 11 is 0. The van der Waals surface area contributed by atoms with Crippen LogP contribution in [0.5, 0.6) is 5.75 Å². The maximum atomic E-state index is 12.6. The van der Waals surface area contributed by atoms with Gasteiger partial charge in [-0.1, -0.05) is 18.2 Å². The number of carbonyl (C=O) groups excluding carboxylic acids is 1. The summed E-state index contributed by atoms with van der Waals surface area (Å²) in [6, 6.07) is 11.3. The van der Waals surface area contributed by atoms with Gasteiger partial charge in [0.25, 0.3) is 5.91 Å². The SMILES string of the molecule is Cc1ccnc([C@@]2(C)CCCN2C(=O)COc2ccccc2)n1. The molecule has 0 aliphatic carbocycles. The summed E-state index contributed by atoms with van der Waals surface area (Å²) in [5, 5.41) is 0. The lowest BCUT2D eigenvalue weighted by molar-refractivity contribution is -0.137. The Kier molecular flexibility index (Phi) is 4.28. The molecular formula is C18H21N3O2. The van der Waals surface area contributed by atoms with Gasteiger partial charge < -0.3 is 9.64 Å². The first-order valence-corrected chi connectivity index (χ1v) is 7.88. The molecular weight excluding hydrogens is 290 g/mol. The molecule has 120 valence electrons. The predicted molar refractivity (Wildman–Crippen MR) is 87.0 cm³/mol. The van der Waals surface area contributed by atoms with Crippen molar-refractivity contribution in [3.05, 3.63) is 54.1 Å². The normalized spacial score (nSPS) is 20.5. The molecule has 1 aromatic heterocycles. The highest BCUT2D eigenvalue weighted by atomic mass is 16.5. The molecule has 23 heavy (non-hydrogen) atoms. The van der Waals surface area contributed by atoms with Gasteiger partial charge in [-0.15, -0.1) is 0 Å². The average molecular weight is 311 g/mol. The molecule has 1 saturated heterocycles. The third-order valence-corrected chi connectivity index (χ3v) is 4.32. The third kappa shape index (κ3) is 3.18. The Morgan fingerprint density at radius 2 is 2.09 bits per heavy atom. The summed E-state index contributed by atoms with van der Waals surface area (Å²) in [5.41, 5.74) is 0.458. The Morgan fingerprint density at radius 3 is 2.83 bits per heavy atom. The van der Waals surface area contributed by atoms with Crippen molar-refractivity contribution in [2.45, 2.75) is 32.2 Å². The number of aryl methyl sites for hydroxylation is 1. The van der Waals surface area contributed by atoms with Gasteiger partial charge in [0.15, 0.2) is 12.4 Å². The monoisotopic (exact) mass is 311 g/mol. The van der Waals surface area contributed by atoms with Crippen LogP contribution in [0.4, 0.5) is 0 Å². The van der Waals surface area contributed by atoms with E-state index in [1.54, 1.807) is 6.20 Å². The molecule has 1 amide bonds. The number of hydrogen-bond donors (Lipinski definition) is 0. The summed E-state index contributed by atoms with van der Waals surface area (Å²) in [4.78, 5) is 23.4. The van der Waals surface area contributed by atoms with Crippen LogP contribution < -0.4 is 4.74 Å². The van der Waals surface area contributed by atoms with E-state index in [2.05, 4.69) is 9.97 Å². The summed E-state index contributed by atoms with van der Waals surface area (Å²) in [5.74, 6) is 1.38. The molecule has 5 heteroatoms. The third-order valence-electron chi connectivity index (χ3n) is 4.32. The zero-order chi connectivity index (χ0) is 16.3. The number of ether oxygens (including phenoxy) is 1.